The van der Waals surface area contributed by atoms with Crippen LogP contribution in [0.5, 0.6) is 6.01 Å². The molecule has 1 fully saturated rings. The van der Waals surface area contributed by atoms with Crippen LogP contribution in [0.3, 0.4) is 0 Å². The molecule has 3 N–H and O–H groups in total. The van der Waals surface area contributed by atoms with Gasteiger partial charge in [0.05, 0.1) is 36.9 Å². The van der Waals surface area contributed by atoms with Gasteiger partial charge >= 0.3 is 5.97 Å². The number of methoxy groups -OCH3 is 1. The highest BCUT2D eigenvalue weighted by Crippen LogP contribution is 2.33. The van der Waals surface area contributed by atoms with Crippen LogP contribution in [-0.2, 0) is 11.3 Å². The summed E-state index contributed by atoms with van der Waals surface area (Å²) in [5, 5.41) is 7.25. The van der Waals surface area contributed by atoms with E-state index in [0.717, 1.165) is 36.8 Å². The van der Waals surface area contributed by atoms with Gasteiger partial charge < -0.3 is 20.6 Å². The fourth-order valence-electron chi connectivity index (χ4n) is 6.36. The van der Waals surface area contributed by atoms with Gasteiger partial charge in [0, 0.05) is 17.7 Å². The van der Waals surface area contributed by atoms with E-state index in [2.05, 4.69) is 69.6 Å². The van der Waals surface area contributed by atoms with Gasteiger partial charge in [0.15, 0.2) is 0 Å². The molecule has 0 aliphatic heterocycles. The highest BCUT2D eigenvalue weighted by molar-refractivity contribution is 6.02. The molecule has 1 aromatic heterocycles. The summed E-state index contributed by atoms with van der Waals surface area (Å²) in [5.74, 6) is 0.864. The topological polar surface area (TPSA) is 103 Å². The second-order valence-electron chi connectivity index (χ2n) is 13.0. The number of rotatable bonds is 12. The van der Waals surface area contributed by atoms with Crippen LogP contribution in [0.4, 0.5) is 0 Å². The number of nitrogens with one attached hydrogen (secondary N) is 1. The van der Waals surface area contributed by atoms with Gasteiger partial charge in [-0.1, -0.05) is 113 Å². The van der Waals surface area contributed by atoms with E-state index in [4.69, 9.17) is 20.6 Å². The summed E-state index contributed by atoms with van der Waals surface area (Å²) >= 11 is 0. The van der Waals surface area contributed by atoms with Crippen LogP contribution in [0.2, 0.25) is 0 Å². The molecule has 0 radical (unpaired) electrons. The number of carbonyl (C=O) groups is 1. The number of ether oxygens (including phenoxy) is 2. The Morgan fingerprint density at radius 1 is 1.22 bits per heavy atom. The van der Waals surface area contributed by atoms with Crippen molar-refractivity contribution in [2.75, 3.05) is 13.7 Å². The van der Waals surface area contributed by atoms with Crippen molar-refractivity contribution in [2.24, 2.45) is 23.5 Å². The van der Waals surface area contributed by atoms with Crippen LogP contribution in [0.25, 0.3) is 11.0 Å². The SMILES string of the molecule is C/C=C(\C=C/C(C)C1=C(C)C(C)CC=C1)Cn1c(OCC)nc2cccc(C(=O)OC)c21.C=C/C=C\C=C/C.CCC1(N)CCCCC1C=N. The monoisotopic (exact) mass is 682 g/mol. The fraction of sp³-hybridized carbons (Fsp3) is 0.465. The predicted octanol–water partition coefficient (Wildman–Crippen LogP) is 10.5. The molecule has 2 aliphatic rings. The second kappa shape index (κ2) is 21.8. The van der Waals surface area contributed by atoms with Crippen molar-refractivity contribution >= 4 is 23.2 Å². The quantitative estimate of drug-likeness (QED) is 0.132. The summed E-state index contributed by atoms with van der Waals surface area (Å²) < 4.78 is 12.8. The minimum atomic E-state index is -0.383. The summed E-state index contributed by atoms with van der Waals surface area (Å²) in [4.78, 5) is 17.0. The molecule has 272 valence electrons. The number of aromatic nitrogens is 2. The van der Waals surface area contributed by atoms with E-state index >= 15 is 0 Å². The first-order valence-corrected chi connectivity index (χ1v) is 18.2. The summed E-state index contributed by atoms with van der Waals surface area (Å²) in [6.45, 7) is 19.4. The average molecular weight is 683 g/mol. The van der Waals surface area contributed by atoms with Crippen molar-refractivity contribution in [2.45, 2.75) is 99.1 Å². The first-order valence-electron chi connectivity index (χ1n) is 18.2. The van der Waals surface area contributed by atoms with Gasteiger partial charge in [-0.25, -0.2) is 4.79 Å². The lowest BCUT2D eigenvalue weighted by atomic mass is 9.72. The van der Waals surface area contributed by atoms with Crippen molar-refractivity contribution in [3.8, 4) is 6.01 Å². The molecule has 50 heavy (non-hydrogen) atoms. The van der Waals surface area contributed by atoms with Crippen LogP contribution in [0.1, 0.15) is 97.3 Å². The third-order valence-electron chi connectivity index (χ3n) is 9.75. The van der Waals surface area contributed by atoms with E-state index in [1.165, 1.54) is 31.1 Å². The Kier molecular flexibility index (Phi) is 18.3. The molecule has 0 amide bonds. The van der Waals surface area contributed by atoms with E-state index < -0.39 is 0 Å². The maximum atomic E-state index is 12.4. The number of para-hydroxylation sites is 1. The molecule has 4 atom stereocenters. The number of imidazole rings is 1. The number of hydrogen-bond donors (Lipinski definition) is 2. The maximum Gasteiger partial charge on any atom is 0.340 e. The average Bonchev–Trinajstić information content (AvgIpc) is 3.48. The molecule has 0 spiro atoms. The summed E-state index contributed by atoms with van der Waals surface area (Å²) in [5.41, 5.74) is 12.0. The van der Waals surface area contributed by atoms with E-state index in [9.17, 15) is 4.79 Å². The zero-order chi connectivity index (χ0) is 37.1. The third-order valence-corrected chi connectivity index (χ3v) is 9.75. The highest BCUT2D eigenvalue weighted by atomic mass is 16.5. The Morgan fingerprint density at radius 2 is 1.98 bits per heavy atom. The largest absolute Gasteiger partial charge is 0.465 e. The first kappa shape index (κ1) is 41.9. The molecule has 0 bridgehead atoms. The zero-order valence-electron chi connectivity index (χ0n) is 31.9. The number of allylic oxidation sites excluding steroid dienone is 13. The fourth-order valence-corrected chi connectivity index (χ4v) is 6.36. The lowest BCUT2D eigenvalue weighted by Crippen LogP contribution is -2.49. The predicted molar refractivity (Wildman–Crippen MR) is 212 cm³/mol. The van der Waals surface area contributed by atoms with Crippen LogP contribution >= 0.6 is 0 Å². The van der Waals surface area contributed by atoms with E-state index in [0.29, 0.717) is 48.0 Å². The number of benzene rings is 1. The van der Waals surface area contributed by atoms with Gasteiger partial charge in [-0.3, -0.25) is 4.57 Å². The normalized spacial score (nSPS) is 21.5. The summed E-state index contributed by atoms with van der Waals surface area (Å²) in [6.07, 6.45) is 28.9. The molecule has 2 aromatic rings. The maximum absolute atomic E-state index is 12.4. The summed E-state index contributed by atoms with van der Waals surface area (Å²) in [7, 11) is 1.39. The molecule has 1 aromatic carbocycles. The molecule has 1 heterocycles. The Morgan fingerprint density at radius 3 is 2.58 bits per heavy atom. The Bertz CT molecular complexity index is 1590. The van der Waals surface area contributed by atoms with Crippen LogP contribution < -0.4 is 10.5 Å². The van der Waals surface area contributed by atoms with Gasteiger partial charge in [-0.05, 0) is 88.5 Å². The van der Waals surface area contributed by atoms with Gasteiger partial charge in [-0.2, -0.15) is 4.98 Å². The smallest absolute Gasteiger partial charge is 0.340 e. The molecule has 7 nitrogen and oxygen atoms in total. The van der Waals surface area contributed by atoms with Crippen molar-refractivity contribution in [3.05, 3.63) is 108 Å². The Balaban J connectivity index is 0.000000393. The van der Waals surface area contributed by atoms with Crippen LogP contribution in [0, 0.1) is 23.2 Å². The zero-order valence-corrected chi connectivity index (χ0v) is 31.9. The molecule has 7 heteroatoms. The lowest BCUT2D eigenvalue weighted by Gasteiger charge is -2.38. The first-order chi connectivity index (χ1) is 24.0. The molecule has 4 rings (SSSR count). The van der Waals surface area contributed by atoms with Crippen LogP contribution in [-0.4, -0.2) is 41.0 Å². The molecular weight excluding hydrogens is 620 g/mol. The van der Waals surface area contributed by atoms with Crippen LogP contribution in [0.15, 0.2) is 102 Å². The molecular formula is C43H62N4O3. The van der Waals surface area contributed by atoms with E-state index in [1.807, 2.05) is 61.8 Å². The van der Waals surface area contributed by atoms with Gasteiger partial charge in [-0.15, -0.1) is 0 Å². The lowest BCUT2D eigenvalue weighted by molar-refractivity contribution is 0.0602. The standard InChI is InChI=1S/C27H34N2O3.C9H18N2.C7H10/c1-7-21(16-15-19(4)22-12-9-11-18(3)20(22)5)17-29-25-23(26(30)31-6)13-10-14-24(25)28-27(29)32-8-2;1-2-9(11)6-4-3-5-8(9)7-10;1-3-5-7-6-4-2/h7,9-10,12-16,18-19H,8,11,17H2,1-6H3;7-8,10H,2-6,11H2,1H3;3-7H,1H2,2H3/b16-15-,21-7+;;6-4-,7-5-. The molecule has 0 saturated heterocycles. The molecule has 1 saturated carbocycles. The molecule has 4 unspecified atom stereocenters. The number of esters is 1. The van der Waals surface area contributed by atoms with Crippen molar-refractivity contribution in [1.29, 1.82) is 5.41 Å². The van der Waals surface area contributed by atoms with Gasteiger partial charge in [0.1, 0.15) is 0 Å². The minimum absolute atomic E-state index is 0.0556. The Hall–Kier alpha value is -4.23. The molecule has 2 aliphatic carbocycles. The van der Waals surface area contributed by atoms with Gasteiger partial charge in [0.25, 0.3) is 6.01 Å². The van der Waals surface area contributed by atoms with E-state index in [1.54, 1.807) is 18.4 Å². The minimum Gasteiger partial charge on any atom is -0.465 e. The van der Waals surface area contributed by atoms with Crippen molar-refractivity contribution in [3.63, 3.8) is 0 Å². The van der Waals surface area contributed by atoms with Gasteiger partial charge in [0.2, 0.25) is 0 Å². The number of fused-ring (bicyclic) bond motifs is 1. The summed E-state index contributed by atoms with van der Waals surface area (Å²) in [6, 6.07) is 5.97. The van der Waals surface area contributed by atoms with E-state index in [-0.39, 0.29) is 11.5 Å². The van der Waals surface area contributed by atoms with Crippen molar-refractivity contribution < 1.29 is 14.3 Å². The Labute approximate surface area is 301 Å². The third kappa shape index (κ3) is 11.7. The second-order valence-corrected chi connectivity index (χ2v) is 13.0. The number of nitrogens with two attached hydrogens (primary N) is 1. The highest BCUT2D eigenvalue weighted by Gasteiger charge is 2.33. The number of hydrogen-bond acceptors (Lipinski definition) is 6. The number of carbonyl (C=O) groups excluding carboxylic acids is 1. The van der Waals surface area contributed by atoms with Crippen molar-refractivity contribution in [1.82, 2.24) is 9.55 Å². The number of nitrogens with zero attached hydrogens (tertiary/aromatic N) is 2.